The lowest BCUT2D eigenvalue weighted by Crippen LogP contribution is -2.24. The van der Waals surface area contributed by atoms with Crippen molar-refractivity contribution in [3.05, 3.63) is 89.6 Å². The van der Waals surface area contributed by atoms with Crippen molar-refractivity contribution in [1.29, 1.82) is 0 Å². The molecule has 0 N–H and O–H groups in total. The lowest BCUT2D eigenvalue weighted by molar-refractivity contribution is -0.155. The summed E-state index contributed by atoms with van der Waals surface area (Å²) in [5.74, 6) is 0.677. The van der Waals surface area contributed by atoms with Crippen LogP contribution in [-0.4, -0.2) is 62.4 Å². The molecule has 1 aromatic carbocycles. The quantitative estimate of drug-likeness (QED) is 0.243. The van der Waals surface area contributed by atoms with Gasteiger partial charge in [0.15, 0.2) is 0 Å². The summed E-state index contributed by atoms with van der Waals surface area (Å²) in [7, 11) is 1.63. The zero-order valence-corrected chi connectivity index (χ0v) is 23.2. The molecule has 6 rings (SSSR count). The van der Waals surface area contributed by atoms with Gasteiger partial charge < -0.3 is 4.74 Å². The van der Waals surface area contributed by atoms with Crippen molar-refractivity contribution >= 4 is 5.78 Å². The SMILES string of the molecule is COCCN1C[C@@H](CC(=O)Cc2c(C)c(-c3cnc(C4CC4)nc3)nn2-c2ccccc2)[C@H](c2ccnc(F)c2)O1. The van der Waals surface area contributed by atoms with Crippen molar-refractivity contribution in [3.63, 3.8) is 0 Å². The molecule has 0 radical (unpaired) electrons. The first-order chi connectivity index (χ1) is 20.0. The number of carbonyl (C=O) groups excluding carboxylic acids is 1. The normalized spacial score (nSPS) is 19.1. The van der Waals surface area contributed by atoms with E-state index in [4.69, 9.17) is 14.7 Å². The van der Waals surface area contributed by atoms with Gasteiger partial charge in [-0.25, -0.2) is 19.6 Å². The Kier molecular flexibility index (Phi) is 7.95. The minimum Gasteiger partial charge on any atom is -0.383 e. The molecule has 2 atom stereocenters. The number of ketones is 1. The molecule has 41 heavy (non-hydrogen) atoms. The van der Waals surface area contributed by atoms with E-state index >= 15 is 0 Å². The molecule has 10 heteroatoms. The highest BCUT2D eigenvalue weighted by molar-refractivity contribution is 5.82. The van der Waals surface area contributed by atoms with Gasteiger partial charge in [-0.1, -0.05) is 18.2 Å². The number of halogens is 1. The molecule has 0 unspecified atom stereocenters. The molecule has 1 saturated heterocycles. The number of Topliss-reactive ketones (excluding diaryl/α,β-unsaturated/α-hetero) is 1. The van der Waals surface area contributed by atoms with Crippen LogP contribution in [-0.2, 0) is 20.8 Å². The molecule has 4 heterocycles. The third-order valence-corrected chi connectivity index (χ3v) is 7.74. The summed E-state index contributed by atoms with van der Waals surface area (Å²) < 4.78 is 21.0. The number of ether oxygens (including phenoxy) is 1. The largest absolute Gasteiger partial charge is 0.383 e. The molecule has 0 bridgehead atoms. The number of hydrogen-bond donors (Lipinski definition) is 0. The summed E-state index contributed by atoms with van der Waals surface area (Å²) in [5.41, 5.74) is 4.87. The Hall–Kier alpha value is -3.86. The third kappa shape index (κ3) is 6.09. The molecule has 2 aliphatic rings. The van der Waals surface area contributed by atoms with Crippen molar-refractivity contribution in [2.45, 2.75) is 44.6 Å². The molecule has 0 amide bonds. The highest BCUT2D eigenvalue weighted by Gasteiger charge is 2.37. The average molecular weight is 557 g/mol. The van der Waals surface area contributed by atoms with Crippen molar-refractivity contribution in [3.8, 4) is 16.9 Å². The van der Waals surface area contributed by atoms with Crippen LogP contribution < -0.4 is 0 Å². The van der Waals surface area contributed by atoms with Gasteiger partial charge in [0.05, 0.1) is 23.7 Å². The van der Waals surface area contributed by atoms with Crippen LogP contribution in [0, 0.1) is 18.8 Å². The van der Waals surface area contributed by atoms with Gasteiger partial charge >= 0.3 is 0 Å². The molecule has 0 spiro atoms. The molecule has 9 nitrogen and oxygen atoms in total. The van der Waals surface area contributed by atoms with Crippen molar-refractivity contribution in [2.75, 3.05) is 26.8 Å². The first-order valence-corrected chi connectivity index (χ1v) is 14.0. The number of nitrogens with zero attached hydrogens (tertiary/aromatic N) is 6. The van der Waals surface area contributed by atoms with Crippen LogP contribution in [0.3, 0.4) is 0 Å². The minimum atomic E-state index is -0.574. The third-order valence-electron chi connectivity index (χ3n) is 7.74. The number of aromatic nitrogens is 5. The van der Waals surface area contributed by atoms with Crippen molar-refractivity contribution < 1.29 is 18.8 Å². The average Bonchev–Trinajstić information content (AvgIpc) is 3.69. The fraction of sp³-hybridized carbons (Fsp3) is 0.387. The Labute approximate surface area is 238 Å². The van der Waals surface area contributed by atoms with Crippen LogP contribution >= 0.6 is 0 Å². The standard InChI is InChI=1S/C31H33FN6O3/c1-20-27(16-26(39)14-23-19-37(12-13-40-2)41-30(23)22-10-11-33-28(32)15-22)38(25-6-4-3-5-7-25)36-29(20)24-17-34-31(35-18-24)21-8-9-21/h3-7,10-11,15,17-18,21,23,30H,8-9,12-14,16,19H2,1-2H3/t23-,30+/m1/s1. The molecule has 212 valence electrons. The van der Waals surface area contributed by atoms with Crippen LogP contribution in [0.15, 0.2) is 61.1 Å². The van der Waals surface area contributed by atoms with Crippen LogP contribution in [0.25, 0.3) is 16.9 Å². The van der Waals surface area contributed by atoms with Crippen LogP contribution in [0.5, 0.6) is 0 Å². The van der Waals surface area contributed by atoms with Gasteiger partial charge in [0.25, 0.3) is 0 Å². The molecule has 3 aromatic heterocycles. The molecule has 1 aliphatic carbocycles. The fourth-order valence-electron chi connectivity index (χ4n) is 5.44. The van der Waals surface area contributed by atoms with Gasteiger partial charge in [-0.2, -0.15) is 14.6 Å². The molecular weight excluding hydrogens is 523 g/mol. The first-order valence-electron chi connectivity index (χ1n) is 14.0. The van der Waals surface area contributed by atoms with E-state index < -0.39 is 12.1 Å². The Morgan fingerprint density at radius 2 is 1.90 bits per heavy atom. The second-order valence-corrected chi connectivity index (χ2v) is 10.8. The highest BCUT2D eigenvalue weighted by Crippen LogP contribution is 2.39. The predicted molar refractivity (Wildman–Crippen MR) is 150 cm³/mol. The van der Waals surface area contributed by atoms with E-state index in [2.05, 4.69) is 15.0 Å². The second kappa shape index (κ2) is 11.9. The second-order valence-electron chi connectivity index (χ2n) is 10.8. The van der Waals surface area contributed by atoms with Gasteiger partial charge in [0.1, 0.15) is 17.7 Å². The summed E-state index contributed by atoms with van der Waals surface area (Å²) >= 11 is 0. The maximum Gasteiger partial charge on any atom is 0.213 e. The maximum absolute atomic E-state index is 14.0. The lowest BCUT2D eigenvalue weighted by atomic mass is 9.91. The summed E-state index contributed by atoms with van der Waals surface area (Å²) in [6.45, 7) is 3.57. The topological polar surface area (TPSA) is 95.3 Å². The Morgan fingerprint density at radius 3 is 2.61 bits per heavy atom. The van der Waals surface area contributed by atoms with E-state index in [1.807, 2.05) is 54.3 Å². The fourth-order valence-corrected chi connectivity index (χ4v) is 5.44. The number of hydrogen-bond acceptors (Lipinski definition) is 8. The van der Waals surface area contributed by atoms with Gasteiger partial charge in [-0.05, 0) is 55.2 Å². The van der Waals surface area contributed by atoms with Gasteiger partial charge in [0, 0.05) is 69.0 Å². The van der Waals surface area contributed by atoms with Crippen molar-refractivity contribution in [1.82, 2.24) is 29.8 Å². The number of rotatable bonds is 11. The van der Waals surface area contributed by atoms with E-state index in [0.29, 0.717) is 31.2 Å². The number of carbonyl (C=O) groups is 1. The van der Waals surface area contributed by atoms with Crippen molar-refractivity contribution in [2.24, 2.45) is 5.92 Å². The first kappa shape index (κ1) is 27.3. The van der Waals surface area contributed by atoms with E-state index in [-0.39, 0.29) is 24.5 Å². The van der Waals surface area contributed by atoms with E-state index in [9.17, 15) is 9.18 Å². The number of para-hydroxylation sites is 1. The van der Waals surface area contributed by atoms with Crippen LogP contribution in [0.2, 0.25) is 0 Å². The summed E-state index contributed by atoms with van der Waals surface area (Å²) in [5, 5.41) is 6.73. The Bertz CT molecular complexity index is 1510. The van der Waals surface area contributed by atoms with Crippen LogP contribution in [0.4, 0.5) is 4.39 Å². The van der Waals surface area contributed by atoms with Crippen LogP contribution in [0.1, 0.15) is 53.9 Å². The minimum absolute atomic E-state index is 0.0544. The monoisotopic (exact) mass is 556 g/mol. The van der Waals surface area contributed by atoms with Gasteiger partial charge in [-0.3, -0.25) is 9.63 Å². The zero-order chi connectivity index (χ0) is 28.3. The Morgan fingerprint density at radius 1 is 1.12 bits per heavy atom. The number of benzene rings is 1. The molecule has 2 fully saturated rings. The summed E-state index contributed by atoms with van der Waals surface area (Å²) in [6, 6.07) is 12.9. The highest BCUT2D eigenvalue weighted by atomic mass is 19.1. The lowest BCUT2D eigenvalue weighted by Gasteiger charge is -2.17. The number of methoxy groups -OCH3 is 1. The summed E-state index contributed by atoms with van der Waals surface area (Å²) in [4.78, 5) is 32.7. The van der Waals surface area contributed by atoms with Gasteiger partial charge in [0.2, 0.25) is 5.95 Å². The predicted octanol–water partition coefficient (Wildman–Crippen LogP) is 4.80. The number of pyridine rings is 1. The zero-order valence-electron chi connectivity index (χ0n) is 23.2. The molecule has 1 saturated carbocycles. The smallest absolute Gasteiger partial charge is 0.213 e. The molecule has 1 aliphatic heterocycles. The number of hydroxylamine groups is 2. The van der Waals surface area contributed by atoms with E-state index in [0.717, 1.165) is 46.9 Å². The maximum atomic E-state index is 14.0. The molecule has 4 aromatic rings. The van der Waals surface area contributed by atoms with E-state index in [1.165, 1.54) is 12.3 Å². The molecular formula is C31H33FN6O3. The van der Waals surface area contributed by atoms with E-state index in [1.54, 1.807) is 18.2 Å². The van der Waals surface area contributed by atoms with Gasteiger partial charge in [-0.15, -0.1) is 0 Å². The summed E-state index contributed by atoms with van der Waals surface area (Å²) in [6.07, 6.45) is 7.38. The Balaban J connectivity index is 1.26.